The molecule has 1 atom stereocenters. The second kappa shape index (κ2) is 6.30. The second-order valence-electron chi connectivity index (χ2n) is 6.35. The van der Waals surface area contributed by atoms with Gasteiger partial charge in [-0.15, -0.1) is 0 Å². The Morgan fingerprint density at radius 2 is 1.92 bits per heavy atom. The van der Waals surface area contributed by atoms with Crippen LogP contribution in [0.3, 0.4) is 0 Å². The second-order valence-corrected chi connectivity index (χ2v) is 6.35. The number of ether oxygens (including phenoxy) is 1. The summed E-state index contributed by atoms with van der Waals surface area (Å²) in [5.41, 5.74) is 6.03. The molecule has 0 aliphatic heterocycles. The van der Waals surface area contributed by atoms with Gasteiger partial charge in [0.25, 0.3) is 0 Å². The number of imidazole rings is 1. The summed E-state index contributed by atoms with van der Waals surface area (Å²) in [6, 6.07) is 8.65. The van der Waals surface area contributed by atoms with E-state index in [1.165, 1.54) is 20.1 Å². The van der Waals surface area contributed by atoms with Crippen molar-refractivity contribution in [3.8, 4) is 16.9 Å². The largest absolute Gasteiger partial charge is 0.496 e. The zero-order valence-electron chi connectivity index (χ0n) is 14.2. The van der Waals surface area contributed by atoms with Gasteiger partial charge in [-0.05, 0) is 36.8 Å². The molecule has 0 fully saturated rings. The lowest BCUT2D eigenvalue weighted by atomic mass is 10.0. The van der Waals surface area contributed by atoms with Crippen LogP contribution in [0.25, 0.3) is 22.2 Å². The molecule has 0 amide bonds. The van der Waals surface area contributed by atoms with Crippen molar-refractivity contribution in [2.75, 3.05) is 7.11 Å². The molecule has 5 nitrogen and oxygen atoms in total. The zero-order chi connectivity index (χ0) is 19.1. The molecule has 1 unspecified atom stereocenters. The maximum atomic E-state index is 12.9. The van der Waals surface area contributed by atoms with Gasteiger partial charge in [-0.25, -0.2) is 4.98 Å². The van der Waals surface area contributed by atoms with Crippen LogP contribution in [0.5, 0.6) is 5.75 Å². The summed E-state index contributed by atoms with van der Waals surface area (Å²) in [6.07, 6.45) is -2.89. The topological polar surface area (TPSA) is 73.3 Å². The van der Waals surface area contributed by atoms with Crippen molar-refractivity contribution >= 4 is 11.0 Å². The highest BCUT2D eigenvalue weighted by molar-refractivity contribution is 5.84. The SMILES string of the molecule is COc1cc(C(F)(F)F)ccc1-c1ccc2ncn(CC(C)(N)O)c2c1. The Bertz CT molecular complexity index is 943. The maximum absolute atomic E-state index is 12.9. The Labute approximate surface area is 147 Å². The fourth-order valence-corrected chi connectivity index (χ4v) is 2.80. The summed E-state index contributed by atoms with van der Waals surface area (Å²) in [5.74, 6) is 0.121. The van der Waals surface area contributed by atoms with Crippen LogP contribution < -0.4 is 10.5 Å². The monoisotopic (exact) mass is 365 g/mol. The first kappa shape index (κ1) is 18.2. The molecular weight excluding hydrogens is 347 g/mol. The highest BCUT2D eigenvalue weighted by atomic mass is 19.4. The predicted molar refractivity (Wildman–Crippen MR) is 91.5 cm³/mol. The van der Waals surface area contributed by atoms with Crippen LogP contribution in [0.15, 0.2) is 42.7 Å². The number of halogens is 3. The van der Waals surface area contributed by atoms with Crippen LogP contribution in [-0.2, 0) is 12.7 Å². The Hall–Kier alpha value is -2.58. The van der Waals surface area contributed by atoms with Crippen LogP contribution in [0.2, 0.25) is 0 Å². The molecule has 2 aromatic carbocycles. The number of fused-ring (bicyclic) bond motifs is 1. The molecule has 0 saturated carbocycles. The maximum Gasteiger partial charge on any atom is 0.416 e. The van der Waals surface area contributed by atoms with Gasteiger partial charge in [0.05, 0.1) is 36.6 Å². The van der Waals surface area contributed by atoms with Crippen LogP contribution in [-0.4, -0.2) is 27.5 Å². The lowest BCUT2D eigenvalue weighted by molar-refractivity contribution is -0.137. The standard InChI is InChI=1S/C18H18F3N3O2/c1-17(22,25)9-24-10-23-14-6-3-11(7-15(14)24)13-5-4-12(18(19,20)21)8-16(13)26-2/h3-8,10,25H,9,22H2,1-2H3. The molecule has 0 bridgehead atoms. The minimum absolute atomic E-state index is 0.121. The fourth-order valence-electron chi connectivity index (χ4n) is 2.80. The molecule has 26 heavy (non-hydrogen) atoms. The van der Waals surface area contributed by atoms with Crippen molar-refractivity contribution in [3.63, 3.8) is 0 Å². The number of alkyl halides is 3. The highest BCUT2D eigenvalue weighted by Gasteiger charge is 2.31. The van der Waals surface area contributed by atoms with E-state index in [9.17, 15) is 18.3 Å². The highest BCUT2D eigenvalue weighted by Crippen LogP contribution is 2.37. The van der Waals surface area contributed by atoms with Gasteiger partial charge < -0.3 is 20.1 Å². The van der Waals surface area contributed by atoms with Gasteiger partial charge >= 0.3 is 6.18 Å². The van der Waals surface area contributed by atoms with E-state index in [1.807, 2.05) is 0 Å². The van der Waals surface area contributed by atoms with Crippen LogP contribution >= 0.6 is 0 Å². The Balaban J connectivity index is 2.09. The van der Waals surface area contributed by atoms with Crippen molar-refractivity contribution in [1.29, 1.82) is 0 Å². The van der Waals surface area contributed by atoms with E-state index in [-0.39, 0.29) is 12.3 Å². The van der Waals surface area contributed by atoms with Gasteiger partial charge in [0.15, 0.2) is 0 Å². The molecule has 8 heteroatoms. The smallest absolute Gasteiger partial charge is 0.416 e. The van der Waals surface area contributed by atoms with E-state index >= 15 is 0 Å². The molecule has 138 valence electrons. The van der Waals surface area contributed by atoms with E-state index in [0.717, 1.165) is 12.1 Å². The first-order chi connectivity index (χ1) is 12.1. The summed E-state index contributed by atoms with van der Waals surface area (Å²) in [6.45, 7) is 1.60. The summed E-state index contributed by atoms with van der Waals surface area (Å²) in [7, 11) is 1.33. The third-order valence-electron chi connectivity index (χ3n) is 3.95. The molecular formula is C18H18F3N3O2. The molecule has 0 aliphatic rings. The molecule has 0 saturated heterocycles. The normalized spacial score (nSPS) is 14.4. The molecule has 1 heterocycles. The number of nitrogens with zero attached hydrogens (tertiary/aromatic N) is 2. The van der Waals surface area contributed by atoms with Gasteiger partial charge in [0, 0.05) is 5.56 Å². The van der Waals surface area contributed by atoms with Crippen molar-refractivity contribution in [2.24, 2.45) is 5.73 Å². The molecule has 1 aromatic heterocycles. The summed E-state index contributed by atoms with van der Waals surface area (Å²) >= 11 is 0. The number of methoxy groups -OCH3 is 1. The minimum atomic E-state index is -4.44. The van der Waals surface area contributed by atoms with E-state index in [0.29, 0.717) is 22.2 Å². The molecule has 0 radical (unpaired) electrons. The fraction of sp³-hybridized carbons (Fsp3) is 0.278. The minimum Gasteiger partial charge on any atom is -0.496 e. The van der Waals surface area contributed by atoms with E-state index in [4.69, 9.17) is 10.5 Å². The molecule has 3 N–H and O–H groups in total. The lowest BCUT2D eigenvalue weighted by Crippen LogP contribution is -2.40. The number of hydrogen-bond donors (Lipinski definition) is 2. The summed E-state index contributed by atoms with van der Waals surface area (Å²) in [5, 5.41) is 9.83. The lowest BCUT2D eigenvalue weighted by Gasteiger charge is -2.18. The molecule has 0 spiro atoms. The van der Waals surface area contributed by atoms with Gasteiger partial charge in [-0.2, -0.15) is 13.2 Å². The third kappa shape index (κ3) is 3.66. The first-order valence-corrected chi connectivity index (χ1v) is 7.80. The third-order valence-corrected chi connectivity index (χ3v) is 3.95. The average molecular weight is 365 g/mol. The quantitative estimate of drug-likeness (QED) is 0.695. The zero-order valence-corrected chi connectivity index (χ0v) is 14.2. The summed E-state index contributed by atoms with van der Waals surface area (Å²) < 4.78 is 45.6. The Morgan fingerprint density at radius 3 is 2.54 bits per heavy atom. The number of aliphatic hydroxyl groups is 1. The van der Waals surface area contributed by atoms with Gasteiger partial charge in [-0.3, -0.25) is 0 Å². The number of rotatable bonds is 4. The van der Waals surface area contributed by atoms with Crippen molar-refractivity contribution in [3.05, 3.63) is 48.3 Å². The van der Waals surface area contributed by atoms with Crippen LogP contribution in [0.4, 0.5) is 13.2 Å². The predicted octanol–water partition coefficient (Wildman–Crippen LogP) is 3.40. The first-order valence-electron chi connectivity index (χ1n) is 7.80. The molecule has 3 rings (SSSR count). The Morgan fingerprint density at radius 1 is 1.19 bits per heavy atom. The van der Waals surface area contributed by atoms with Crippen LogP contribution in [0, 0.1) is 0 Å². The van der Waals surface area contributed by atoms with E-state index in [2.05, 4.69) is 4.98 Å². The molecule has 0 aliphatic carbocycles. The van der Waals surface area contributed by atoms with E-state index in [1.54, 1.807) is 29.1 Å². The van der Waals surface area contributed by atoms with Gasteiger partial charge in [-0.1, -0.05) is 12.1 Å². The van der Waals surface area contributed by atoms with Crippen molar-refractivity contribution in [1.82, 2.24) is 9.55 Å². The van der Waals surface area contributed by atoms with Crippen molar-refractivity contribution in [2.45, 2.75) is 25.4 Å². The Kier molecular flexibility index (Phi) is 4.41. The number of aromatic nitrogens is 2. The van der Waals surface area contributed by atoms with E-state index < -0.39 is 17.5 Å². The average Bonchev–Trinajstić information content (AvgIpc) is 2.94. The number of hydrogen-bond acceptors (Lipinski definition) is 4. The van der Waals surface area contributed by atoms with Crippen LogP contribution in [0.1, 0.15) is 12.5 Å². The number of nitrogens with two attached hydrogens (primary N) is 1. The molecule has 3 aromatic rings. The number of benzene rings is 2. The van der Waals surface area contributed by atoms with Crippen molar-refractivity contribution < 1.29 is 23.0 Å². The van der Waals surface area contributed by atoms with Gasteiger partial charge in [0.2, 0.25) is 0 Å². The van der Waals surface area contributed by atoms with Gasteiger partial charge in [0.1, 0.15) is 11.5 Å². The summed E-state index contributed by atoms with van der Waals surface area (Å²) in [4.78, 5) is 4.24.